The summed E-state index contributed by atoms with van der Waals surface area (Å²) in [6.07, 6.45) is 8.60. The van der Waals surface area contributed by atoms with Crippen molar-refractivity contribution in [3.63, 3.8) is 0 Å². The third-order valence-corrected chi connectivity index (χ3v) is 6.90. The minimum Gasteiger partial charge on any atom is -0.496 e. The van der Waals surface area contributed by atoms with Gasteiger partial charge in [0.25, 0.3) is 0 Å². The monoisotopic (exact) mass is 356 g/mol. The molecule has 3 aliphatic rings. The Hall–Kier alpha value is -1.55. The van der Waals surface area contributed by atoms with E-state index in [1.165, 1.54) is 44.1 Å². The molecule has 0 aromatic heterocycles. The lowest BCUT2D eigenvalue weighted by Gasteiger charge is -2.29. The normalized spacial score (nSPS) is 29.0. The number of likely N-dealkylation sites (tertiary alicyclic amines) is 1. The van der Waals surface area contributed by atoms with Crippen LogP contribution in [-0.2, 0) is 4.79 Å². The average molecular weight is 357 g/mol. The number of hydrogen-bond acceptors (Lipinski definition) is 3. The van der Waals surface area contributed by atoms with Gasteiger partial charge in [0.1, 0.15) is 5.75 Å². The zero-order chi connectivity index (χ0) is 17.9. The molecular weight excluding hydrogens is 324 g/mol. The van der Waals surface area contributed by atoms with Crippen LogP contribution < -0.4 is 10.1 Å². The molecule has 26 heavy (non-hydrogen) atoms. The zero-order valence-electron chi connectivity index (χ0n) is 16.0. The Bertz CT molecular complexity index is 626. The quantitative estimate of drug-likeness (QED) is 0.808. The molecule has 4 nitrogen and oxygen atoms in total. The minimum absolute atomic E-state index is 0.206. The molecule has 2 saturated carbocycles. The van der Waals surface area contributed by atoms with Gasteiger partial charge in [0.2, 0.25) is 5.91 Å². The first kappa shape index (κ1) is 17.8. The molecule has 4 unspecified atom stereocenters. The molecule has 0 radical (unpaired) electrons. The number of carbonyl (C=O) groups excluding carboxylic acids is 1. The van der Waals surface area contributed by atoms with E-state index in [0.29, 0.717) is 12.5 Å². The largest absolute Gasteiger partial charge is 0.496 e. The van der Waals surface area contributed by atoms with E-state index >= 15 is 0 Å². The fraction of sp³-hybridized carbons (Fsp3) is 0.682. The van der Waals surface area contributed by atoms with E-state index in [-0.39, 0.29) is 11.9 Å². The van der Waals surface area contributed by atoms with Crippen LogP contribution in [0.2, 0.25) is 0 Å². The van der Waals surface area contributed by atoms with Crippen molar-refractivity contribution >= 4 is 5.91 Å². The number of amides is 1. The lowest BCUT2D eigenvalue weighted by molar-refractivity contribution is -0.122. The van der Waals surface area contributed by atoms with Crippen molar-refractivity contribution in [2.75, 3.05) is 26.7 Å². The number of para-hydroxylation sites is 1. The topological polar surface area (TPSA) is 41.6 Å². The second kappa shape index (κ2) is 7.99. The second-order valence-corrected chi connectivity index (χ2v) is 8.44. The SMILES string of the molecule is COc1ccccc1C(CNC(=O)CC1CC2CCC1C2)N1CCCC1. The molecule has 3 fully saturated rings. The standard InChI is InChI=1S/C22H32N2O2/c1-26-21-7-3-2-6-19(21)20(24-10-4-5-11-24)15-23-22(25)14-18-13-16-8-9-17(18)12-16/h2-3,6-7,16-18,20H,4-5,8-15H2,1H3,(H,23,25). The van der Waals surface area contributed by atoms with E-state index in [9.17, 15) is 4.79 Å². The first-order valence-corrected chi connectivity index (χ1v) is 10.4. The third kappa shape index (κ3) is 3.75. The summed E-state index contributed by atoms with van der Waals surface area (Å²) in [6.45, 7) is 2.88. The van der Waals surface area contributed by atoms with E-state index in [1.807, 2.05) is 12.1 Å². The summed E-state index contributed by atoms with van der Waals surface area (Å²) in [4.78, 5) is 15.1. The van der Waals surface area contributed by atoms with Crippen LogP contribution in [0.15, 0.2) is 24.3 Å². The van der Waals surface area contributed by atoms with Crippen molar-refractivity contribution in [1.82, 2.24) is 10.2 Å². The van der Waals surface area contributed by atoms with Crippen molar-refractivity contribution in [2.24, 2.45) is 17.8 Å². The van der Waals surface area contributed by atoms with Crippen LogP contribution in [0.5, 0.6) is 5.75 Å². The summed E-state index contributed by atoms with van der Waals surface area (Å²) in [6, 6.07) is 8.45. The number of nitrogens with zero attached hydrogens (tertiary/aromatic N) is 1. The van der Waals surface area contributed by atoms with Crippen LogP contribution in [0, 0.1) is 17.8 Å². The van der Waals surface area contributed by atoms with E-state index in [0.717, 1.165) is 37.1 Å². The van der Waals surface area contributed by atoms with E-state index in [1.54, 1.807) is 7.11 Å². The fourth-order valence-electron chi connectivity index (χ4n) is 5.58. The van der Waals surface area contributed by atoms with Gasteiger partial charge in [0.05, 0.1) is 13.2 Å². The first-order chi connectivity index (χ1) is 12.7. The maximum atomic E-state index is 12.6. The highest BCUT2D eigenvalue weighted by atomic mass is 16.5. The van der Waals surface area contributed by atoms with Crippen LogP contribution in [0.25, 0.3) is 0 Å². The Morgan fingerprint density at radius 3 is 2.73 bits per heavy atom. The highest BCUT2D eigenvalue weighted by Crippen LogP contribution is 2.49. The van der Waals surface area contributed by atoms with Crippen molar-refractivity contribution in [1.29, 1.82) is 0 Å². The van der Waals surface area contributed by atoms with Crippen LogP contribution in [0.4, 0.5) is 0 Å². The number of carbonyl (C=O) groups is 1. The Balaban J connectivity index is 1.39. The molecule has 0 spiro atoms. The lowest BCUT2D eigenvalue weighted by Crippen LogP contribution is -2.37. The van der Waals surface area contributed by atoms with Gasteiger partial charge in [-0.2, -0.15) is 0 Å². The van der Waals surface area contributed by atoms with Gasteiger partial charge >= 0.3 is 0 Å². The molecule has 142 valence electrons. The number of ether oxygens (including phenoxy) is 1. The van der Waals surface area contributed by atoms with Crippen molar-refractivity contribution < 1.29 is 9.53 Å². The van der Waals surface area contributed by atoms with Gasteiger partial charge in [-0.25, -0.2) is 0 Å². The first-order valence-electron chi connectivity index (χ1n) is 10.4. The van der Waals surface area contributed by atoms with Gasteiger partial charge in [-0.3, -0.25) is 9.69 Å². The number of nitrogens with one attached hydrogen (secondary N) is 1. The number of fused-ring (bicyclic) bond motifs is 2. The molecule has 1 saturated heterocycles. The predicted octanol–water partition coefficient (Wildman–Crippen LogP) is 3.77. The fourth-order valence-corrected chi connectivity index (χ4v) is 5.58. The number of rotatable bonds is 7. The maximum absolute atomic E-state index is 12.6. The third-order valence-electron chi connectivity index (χ3n) is 6.90. The number of hydrogen-bond donors (Lipinski definition) is 1. The number of methoxy groups -OCH3 is 1. The van der Waals surface area contributed by atoms with Crippen LogP contribution in [0.3, 0.4) is 0 Å². The zero-order valence-corrected chi connectivity index (χ0v) is 16.0. The maximum Gasteiger partial charge on any atom is 0.220 e. The smallest absolute Gasteiger partial charge is 0.220 e. The van der Waals surface area contributed by atoms with Crippen LogP contribution >= 0.6 is 0 Å². The van der Waals surface area contributed by atoms with Crippen molar-refractivity contribution in [2.45, 2.75) is 51.0 Å². The molecule has 1 aromatic rings. The summed E-state index contributed by atoms with van der Waals surface area (Å²) in [5.41, 5.74) is 1.19. The highest BCUT2D eigenvalue weighted by Gasteiger charge is 2.40. The molecule has 2 bridgehead atoms. The second-order valence-electron chi connectivity index (χ2n) is 8.44. The molecular formula is C22H32N2O2. The summed E-state index contributed by atoms with van der Waals surface area (Å²) in [7, 11) is 1.73. The predicted molar refractivity (Wildman–Crippen MR) is 103 cm³/mol. The molecule has 1 N–H and O–H groups in total. The van der Waals surface area contributed by atoms with Crippen LogP contribution in [0.1, 0.15) is 56.6 Å². The minimum atomic E-state index is 0.206. The van der Waals surface area contributed by atoms with Gasteiger partial charge in [-0.15, -0.1) is 0 Å². The highest BCUT2D eigenvalue weighted by molar-refractivity contribution is 5.76. The molecule has 4 heteroatoms. The average Bonchev–Trinajstić information content (AvgIpc) is 3.40. The van der Waals surface area contributed by atoms with Crippen molar-refractivity contribution in [3.05, 3.63) is 29.8 Å². The Kier molecular flexibility index (Phi) is 5.49. The summed E-state index contributed by atoms with van der Waals surface area (Å²) in [5, 5.41) is 3.26. The summed E-state index contributed by atoms with van der Waals surface area (Å²) in [5.74, 6) is 3.51. The van der Waals surface area contributed by atoms with E-state index in [4.69, 9.17) is 4.74 Å². The van der Waals surface area contributed by atoms with Gasteiger partial charge in [-0.1, -0.05) is 24.6 Å². The molecule has 1 aromatic carbocycles. The molecule has 4 rings (SSSR count). The summed E-state index contributed by atoms with van der Waals surface area (Å²) >= 11 is 0. The molecule has 1 heterocycles. The lowest BCUT2D eigenvalue weighted by atomic mass is 9.86. The van der Waals surface area contributed by atoms with Crippen molar-refractivity contribution in [3.8, 4) is 5.75 Å². The Labute approximate surface area is 157 Å². The van der Waals surface area contributed by atoms with Gasteiger partial charge in [-0.05, 0) is 69.0 Å². The Morgan fingerprint density at radius 2 is 2.04 bits per heavy atom. The van der Waals surface area contributed by atoms with Gasteiger partial charge in [0.15, 0.2) is 0 Å². The molecule has 1 aliphatic heterocycles. The molecule has 4 atom stereocenters. The summed E-state index contributed by atoms with van der Waals surface area (Å²) < 4.78 is 5.59. The van der Waals surface area contributed by atoms with Crippen LogP contribution in [-0.4, -0.2) is 37.6 Å². The molecule has 2 aliphatic carbocycles. The van der Waals surface area contributed by atoms with Gasteiger partial charge in [0, 0.05) is 18.5 Å². The van der Waals surface area contributed by atoms with Gasteiger partial charge < -0.3 is 10.1 Å². The Morgan fingerprint density at radius 1 is 1.23 bits per heavy atom. The van der Waals surface area contributed by atoms with E-state index in [2.05, 4.69) is 22.3 Å². The molecule has 1 amide bonds. The number of benzene rings is 1. The van der Waals surface area contributed by atoms with E-state index < -0.39 is 0 Å².